The molecule has 5 rings (SSSR count). The van der Waals surface area contributed by atoms with Gasteiger partial charge >= 0.3 is 0 Å². The minimum Gasteiger partial charge on any atom is -0.491 e. The van der Waals surface area contributed by atoms with Gasteiger partial charge in [-0.15, -0.1) is 0 Å². The lowest BCUT2D eigenvalue weighted by atomic mass is 9.72. The fraction of sp³-hybridized carbons (Fsp3) is 0.367. The predicted octanol–water partition coefficient (Wildman–Crippen LogP) is 6.10. The third-order valence-electron chi connectivity index (χ3n) is 7.07. The van der Waals surface area contributed by atoms with Crippen molar-refractivity contribution in [3.63, 3.8) is 0 Å². The van der Waals surface area contributed by atoms with E-state index in [2.05, 4.69) is 60.3 Å². The number of carbonyl (C=O) groups is 1. The maximum atomic E-state index is 12.7. The Balaban J connectivity index is 1.37. The first kappa shape index (κ1) is 25.3. The predicted molar refractivity (Wildman–Crippen MR) is 147 cm³/mol. The summed E-state index contributed by atoms with van der Waals surface area (Å²) in [6.45, 7) is 8.46. The zero-order chi connectivity index (χ0) is 26.4. The molecule has 2 aliphatic rings. The van der Waals surface area contributed by atoms with E-state index < -0.39 is 21.2 Å². The second kappa shape index (κ2) is 9.53. The number of hydrogen-bond acceptors (Lipinski definition) is 5. The summed E-state index contributed by atoms with van der Waals surface area (Å²) in [5.74, 6) is 0.298. The van der Waals surface area contributed by atoms with Gasteiger partial charge in [-0.2, -0.15) is 0 Å². The van der Waals surface area contributed by atoms with Crippen LogP contribution in [0.5, 0.6) is 5.75 Å². The van der Waals surface area contributed by atoms with Gasteiger partial charge in [-0.25, -0.2) is 13.1 Å². The number of sulfonamides is 1. The fourth-order valence-electron chi connectivity index (χ4n) is 5.05. The van der Waals surface area contributed by atoms with Crippen LogP contribution in [0.4, 0.5) is 5.69 Å². The summed E-state index contributed by atoms with van der Waals surface area (Å²) in [6, 6.07) is 22.2. The largest absolute Gasteiger partial charge is 0.491 e. The van der Waals surface area contributed by atoms with E-state index >= 15 is 0 Å². The molecule has 3 aromatic rings. The number of benzene rings is 3. The quantitative estimate of drug-likeness (QED) is 0.395. The monoisotopic (exact) mass is 518 g/mol. The SMILES string of the molecule is CC(C)Oc1ccc(-c2cccc(C3Nc4ccc(C(=O)NS(=O)(=O)C5CC5)cc4CC3(C)C)c2)cc1. The Morgan fingerprint density at radius 1 is 1.00 bits per heavy atom. The summed E-state index contributed by atoms with van der Waals surface area (Å²) >= 11 is 0. The number of hydrogen-bond donors (Lipinski definition) is 2. The van der Waals surface area contributed by atoms with Crippen LogP contribution >= 0.6 is 0 Å². The van der Waals surface area contributed by atoms with E-state index in [0.29, 0.717) is 18.4 Å². The summed E-state index contributed by atoms with van der Waals surface area (Å²) in [5.41, 5.74) is 5.65. The molecule has 3 aromatic carbocycles. The van der Waals surface area contributed by atoms with Crippen LogP contribution in [0.2, 0.25) is 0 Å². The normalized spacial score (nSPS) is 18.6. The maximum Gasteiger partial charge on any atom is 0.264 e. The first-order valence-electron chi connectivity index (χ1n) is 12.8. The lowest BCUT2D eigenvalue weighted by Gasteiger charge is -2.41. The summed E-state index contributed by atoms with van der Waals surface area (Å²) in [6.07, 6.45) is 2.12. The van der Waals surface area contributed by atoms with Crippen LogP contribution in [0.15, 0.2) is 66.7 Å². The van der Waals surface area contributed by atoms with Crippen molar-refractivity contribution < 1.29 is 17.9 Å². The average molecular weight is 519 g/mol. The molecule has 37 heavy (non-hydrogen) atoms. The van der Waals surface area contributed by atoms with Crippen molar-refractivity contribution in [2.75, 3.05) is 5.32 Å². The Kier molecular flexibility index (Phi) is 6.52. The topological polar surface area (TPSA) is 84.5 Å². The third-order valence-corrected chi connectivity index (χ3v) is 8.89. The van der Waals surface area contributed by atoms with Gasteiger partial charge in [0.2, 0.25) is 10.0 Å². The van der Waals surface area contributed by atoms with Gasteiger partial charge in [0, 0.05) is 11.3 Å². The lowest BCUT2D eigenvalue weighted by molar-refractivity contribution is 0.0981. The number of rotatable bonds is 7. The van der Waals surface area contributed by atoms with E-state index in [4.69, 9.17) is 4.74 Å². The molecule has 1 heterocycles. The van der Waals surface area contributed by atoms with Gasteiger partial charge < -0.3 is 10.1 Å². The number of anilines is 1. The van der Waals surface area contributed by atoms with E-state index in [0.717, 1.165) is 34.5 Å². The molecule has 1 unspecified atom stereocenters. The van der Waals surface area contributed by atoms with Crippen molar-refractivity contribution in [1.82, 2.24) is 4.72 Å². The van der Waals surface area contributed by atoms with E-state index in [1.54, 1.807) is 6.07 Å². The van der Waals surface area contributed by atoms with Crippen LogP contribution in [0.1, 0.15) is 68.1 Å². The van der Waals surface area contributed by atoms with E-state index in [1.807, 2.05) is 38.1 Å². The number of carbonyl (C=O) groups excluding carboxylic acids is 1. The van der Waals surface area contributed by atoms with Crippen molar-refractivity contribution >= 4 is 21.6 Å². The Labute approximate surface area is 219 Å². The highest BCUT2D eigenvalue weighted by molar-refractivity contribution is 7.91. The molecule has 6 nitrogen and oxygen atoms in total. The second-order valence-electron chi connectivity index (χ2n) is 11.1. The smallest absolute Gasteiger partial charge is 0.264 e. The Morgan fingerprint density at radius 2 is 1.73 bits per heavy atom. The standard InChI is InChI=1S/C30H34N2O4S/c1-19(2)36-25-11-8-20(9-12-25)21-6-5-7-22(16-21)28-30(3,4)18-24-17-23(10-15-27(24)31-28)29(33)32-37(34,35)26-13-14-26/h5-12,15-17,19,26,28,31H,13-14,18H2,1-4H3,(H,32,33). The maximum absolute atomic E-state index is 12.7. The van der Waals surface area contributed by atoms with Crippen LogP contribution < -0.4 is 14.8 Å². The highest BCUT2D eigenvalue weighted by Crippen LogP contribution is 2.45. The van der Waals surface area contributed by atoms with E-state index in [1.165, 1.54) is 5.56 Å². The van der Waals surface area contributed by atoms with Crippen LogP contribution in [-0.4, -0.2) is 25.7 Å². The second-order valence-corrected chi connectivity index (χ2v) is 13.1. The van der Waals surface area contributed by atoms with Crippen LogP contribution in [-0.2, 0) is 16.4 Å². The minimum absolute atomic E-state index is 0.0680. The Morgan fingerprint density at radius 3 is 2.41 bits per heavy atom. The van der Waals surface area contributed by atoms with Gasteiger partial charge in [0.05, 0.1) is 17.4 Å². The van der Waals surface area contributed by atoms with Crippen LogP contribution in [0.25, 0.3) is 11.1 Å². The van der Waals surface area contributed by atoms with Gasteiger partial charge in [0.25, 0.3) is 5.91 Å². The molecule has 1 aliphatic carbocycles. The van der Waals surface area contributed by atoms with E-state index in [-0.39, 0.29) is 17.6 Å². The van der Waals surface area contributed by atoms with Crippen molar-refractivity contribution in [3.05, 3.63) is 83.4 Å². The summed E-state index contributed by atoms with van der Waals surface area (Å²) in [7, 11) is -3.58. The van der Waals surface area contributed by atoms with Crippen molar-refractivity contribution in [2.45, 2.75) is 64.4 Å². The van der Waals surface area contributed by atoms with Crippen molar-refractivity contribution in [1.29, 1.82) is 0 Å². The minimum atomic E-state index is -3.58. The first-order valence-corrected chi connectivity index (χ1v) is 14.4. The van der Waals surface area contributed by atoms with Gasteiger partial charge in [-0.05, 0) is 97.2 Å². The number of fused-ring (bicyclic) bond motifs is 1. The molecule has 0 bridgehead atoms. The summed E-state index contributed by atoms with van der Waals surface area (Å²) in [4.78, 5) is 12.7. The zero-order valence-electron chi connectivity index (χ0n) is 21.7. The van der Waals surface area contributed by atoms with Gasteiger partial charge in [-0.1, -0.05) is 44.2 Å². The third kappa shape index (κ3) is 5.52. The zero-order valence-corrected chi connectivity index (χ0v) is 22.6. The molecule has 0 spiro atoms. The molecular weight excluding hydrogens is 484 g/mol. The number of amides is 1. The van der Waals surface area contributed by atoms with Crippen molar-refractivity contribution in [3.8, 4) is 16.9 Å². The molecule has 1 atom stereocenters. The molecule has 1 fully saturated rings. The molecule has 1 amide bonds. The highest BCUT2D eigenvalue weighted by atomic mass is 32.2. The van der Waals surface area contributed by atoms with Crippen LogP contribution in [0, 0.1) is 5.41 Å². The lowest BCUT2D eigenvalue weighted by Crippen LogP contribution is -2.36. The Hall–Kier alpha value is -3.32. The number of nitrogens with one attached hydrogen (secondary N) is 2. The van der Waals surface area contributed by atoms with Crippen LogP contribution in [0.3, 0.4) is 0 Å². The average Bonchev–Trinajstić information content (AvgIpc) is 3.69. The molecule has 2 N–H and O–H groups in total. The molecule has 1 saturated carbocycles. The summed E-state index contributed by atoms with van der Waals surface area (Å²) in [5, 5.41) is 3.25. The Bertz CT molecular complexity index is 1420. The van der Waals surface area contributed by atoms with E-state index in [9.17, 15) is 13.2 Å². The van der Waals surface area contributed by atoms with Gasteiger partial charge in [-0.3, -0.25) is 4.79 Å². The highest BCUT2D eigenvalue weighted by Gasteiger charge is 2.38. The molecule has 0 saturated heterocycles. The molecule has 194 valence electrons. The first-order chi connectivity index (χ1) is 17.5. The summed E-state index contributed by atoms with van der Waals surface area (Å²) < 4.78 is 32.4. The number of ether oxygens (including phenoxy) is 1. The fourth-order valence-corrected chi connectivity index (χ4v) is 6.35. The molecule has 0 aromatic heterocycles. The molecule has 7 heteroatoms. The van der Waals surface area contributed by atoms with Gasteiger partial charge in [0.1, 0.15) is 5.75 Å². The van der Waals surface area contributed by atoms with Gasteiger partial charge in [0.15, 0.2) is 0 Å². The molecular formula is C30H34N2O4S. The molecule has 0 radical (unpaired) electrons. The molecule has 1 aliphatic heterocycles. The van der Waals surface area contributed by atoms with Crippen molar-refractivity contribution in [2.24, 2.45) is 5.41 Å².